The molecule has 2 aromatic rings. The summed E-state index contributed by atoms with van der Waals surface area (Å²) in [6.07, 6.45) is 3.24. The molecule has 1 aromatic heterocycles. The number of anilines is 2. The van der Waals surface area contributed by atoms with Crippen LogP contribution in [-0.2, 0) is 5.60 Å². The summed E-state index contributed by atoms with van der Waals surface area (Å²) in [6.45, 7) is 1.99. The molecule has 0 amide bonds. The minimum Gasteiger partial charge on any atom is -0.384 e. The van der Waals surface area contributed by atoms with Crippen LogP contribution in [0.4, 0.5) is 11.6 Å². The van der Waals surface area contributed by atoms with Crippen molar-refractivity contribution in [1.29, 1.82) is 0 Å². The van der Waals surface area contributed by atoms with Crippen molar-refractivity contribution in [3.63, 3.8) is 0 Å². The molecule has 0 aliphatic rings. The van der Waals surface area contributed by atoms with Crippen molar-refractivity contribution in [2.75, 3.05) is 30.9 Å². The van der Waals surface area contributed by atoms with Crippen molar-refractivity contribution in [2.24, 2.45) is 0 Å². The molecular weight excluding hydrogens is 288 g/mol. The zero-order chi connectivity index (χ0) is 15.5. The molecule has 0 spiro atoms. The van der Waals surface area contributed by atoms with E-state index in [2.05, 4.69) is 15.3 Å². The molecule has 2 N–H and O–H groups in total. The van der Waals surface area contributed by atoms with Crippen molar-refractivity contribution in [2.45, 2.75) is 12.5 Å². The fourth-order valence-corrected chi connectivity index (χ4v) is 2.37. The third-order valence-corrected chi connectivity index (χ3v) is 3.49. The first-order valence-corrected chi connectivity index (χ1v) is 6.99. The van der Waals surface area contributed by atoms with Crippen LogP contribution in [0.1, 0.15) is 12.5 Å². The average Bonchev–Trinajstić information content (AvgIpc) is 2.45. The predicted molar refractivity (Wildman–Crippen MR) is 85.9 cm³/mol. The predicted octanol–water partition coefficient (Wildman–Crippen LogP) is 2.52. The second-order valence-corrected chi connectivity index (χ2v) is 5.64. The monoisotopic (exact) mass is 306 g/mol. The number of rotatable bonds is 5. The van der Waals surface area contributed by atoms with E-state index in [0.717, 1.165) is 0 Å². The van der Waals surface area contributed by atoms with Crippen LogP contribution in [0.25, 0.3) is 0 Å². The molecule has 0 fully saturated rings. The van der Waals surface area contributed by atoms with Crippen LogP contribution in [0.3, 0.4) is 0 Å². The number of halogens is 1. The Kier molecular flexibility index (Phi) is 4.65. The number of benzene rings is 1. The van der Waals surface area contributed by atoms with E-state index in [1.807, 2.05) is 37.2 Å². The van der Waals surface area contributed by atoms with Gasteiger partial charge in [0.15, 0.2) is 11.6 Å². The smallest absolute Gasteiger partial charge is 0.171 e. The highest BCUT2D eigenvalue weighted by molar-refractivity contribution is 6.31. The summed E-state index contributed by atoms with van der Waals surface area (Å²) >= 11 is 6.15. The zero-order valence-electron chi connectivity index (χ0n) is 12.3. The lowest BCUT2D eigenvalue weighted by atomic mass is 9.96. The normalized spacial score (nSPS) is 13.6. The van der Waals surface area contributed by atoms with E-state index < -0.39 is 5.60 Å². The van der Waals surface area contributed by atoms with Crippen LogP contribution in [0.5, 0.6) is 0 Å². The average molecular weight is 307 g/mol. The SMILES string of the molecule is CN(C)c1nccnc1NCC(C)(O)c1ccccc1Cl. The highest BCUT2D eigenvalue weighted by Gasteiger charge is 2.26. The topological polar surface area (TPSA) is 61.3 Å². The van der Waals surface area contributed by atoms with Gasteiger partial charge in [-0.05, 0) is 13.0 Å². The van der Waals surface area contributed by atoms with Gasteiger partial charge in [0.2, 0.25) is 0 Å². The second-order valence-electron chi connectivity index (χ2n) is 5.23. The molecule has 0 aliphatic carbocycles. The van der Waals surface area contributed by atoms with Crippen LogP contribution in [0.2, 0.25) is 5.02 Å². The Balaban J connectivity index is 2.18. The maximum absolute atomic E-state index is 10.6. The molecule has 5 nitrogen and oxygen atoms in total. The molecular formula is C15H19ClN4O. The molecule has 0 bridgehead atoms. The Labute approximate surface area is 129 Å². The summed E-state index contributed by atoms with van der Waals surface area (Å²) < 4.78 is 0. The van der Waals surface area contributed by atoms with Gasteiger partial charge in [-0.25, -0.2) is 9.97 Å². The van der Waals surface area contributed by atoms with Crippen molar-refractivity contribution < 1.29 is 5.11 Å². The van der Waals surface area contributed by atoms with Gasteiger partial charge in [0, 0.05) is 43.6 Å². The first-order chi connectivity index (χ1) is 9.92. The van der Waals surface area contributed by atoms with Crippen molar-refractivity contribution in [3.05, 3.63) is 47.2 Å². The van der Waals surface area contributed by atoms with E-state index in [4.69, 9.17) is 11.6 Å². The molecule has 112 valence electrons. The Bertz CT molecular complexity index is 616. The van der Waals surface area contributed by atoms with Gasteiger partial charge < -0.3 is 15.3 Å². The van der Waals surface area contributed by atoms with Gasteiger partial charge in [0.1, 0.15) is 5.60 Å². The first kappa shape index (κ1) is 15.5. The van der Waals surface area contributed by atoms with Crippen LogP contribution < -0.4 is 10.2 Å². The number of nitrogens with zero attached hydrogens (tertiary/aromatic N) is 3. The number of hydrogen-bond donors (Lipinski definition) is 2. The van der Waals surface area contributed by atoms with E-state index in [9.17, 15) is 5.11 Å². The molecule has 0 saturated carbocycles. The van der Waals surface area contributed by atoms with Gasteiger partial charge >= 0.3 is 0 Å². The lowest BCUT2D eigenvalue weighted by Crippen LogP contribution is -2.32. The Hall–Kier alpha value is -1.85. The number of aromatic nitrogens is 2. The Morgan fingerprint density at radius 3 is 2.57 bits per heavy atom. The maximum Gasteiger partial charge on any atom is 0.171 e. The molecule has 1 heterocycles. The van der Waals surface area contributed by atoms with Crippen molar-refractivity contribution >= 4 is 23.2 Å². The van der Waals surface area contributed by atoms with E-state index in [1.165, 1.54) is 0 Å². The Morgan fingerprint density at radius 2 is 1.90 bits per heavy atom. The van der Waals surface area contributed by atoms with E-state index in [1.54, 1.807) is 25.4 Å². The summed E-state index contributed by atoms with van der Waals surface area (Å²) in [5.41, 5.74) is -0.436. The first-order valence-electron chi connectivity index (χ1n) is 6.61. The number of aliphatic hydroxyl groups is 1. The molecule has 1 aromatic carbocycles. The van der Waals surface area contributed by atoms with Crippen LogP contribution in [-0.4, -0.2) is 35.7 Å². The van der Waals surface area contributed by atoms with E-state index in [0.29, 0.717) is 22.2 Å². The molecule has 1 unspecified atom stereocenters. The molecule has 1 atom stereocenters. The molecule has 0 saturated heterocycles. The van der Waals surface area contributed by atoms with Gasteiger partial charge in [0.25, 0.3) is 0 Å². The zero-order valence-corrected chi connectivity index (χ0v) is 13.1. The molecule has 6 heteroatoms. The second kappa shape index (κ2) is 6.28. The fraction of sp³-hybridized carbons (Fsp3) is 0.333. The van der Waals surface area contributed by atoms with Gasteiger partial charge in [-0.2, -0.15) is 0 Å². The summed E-state index contributed by atoms with van der Waals surface area (Å²) in [7, 11) is 3.78. The minimum atomic E-state index is -1.11. The maximum atomic E-state index is 10.6. The largest absolute Gasteiger partial charge is 0.384 e. The lowest BCUT2D eigenvalue weighted by molar-refractivity contribution is 0.0715. The standard InChI is InChI=1S/C15H19ClN4O/c1-15(21,11-6-4-5-7-12(11)16)10-19-13-14(20(2)3)18-9-8-17-13/h4-9,21H,10H2,1-3H3,(H,17,19). The highest BCUT2D eigenvalue weighted by Crippen LogP contribution is 2.28. The Morgan fingerprint density at radius 1 is 1.24 bits per heavy atom. The molecule has 0 aliphatic heterocycles. The van der Waals surface area contributed by atoms with Gasteiger partial charge in [-0.1, -0.05) is 29.8 Å². The van der Waals surface area contributed by atoms with Crippen LogP contribution in [0.15, 0.2) is 36.7 Å². The van der Waals surface area contributed by atoms with Crippen molar-refractivity contribution in [1.82, 2.24) is 9.97 Å². The molecule has 2 rings (SSSR count). The highest BCUT2D eigenvalue weighted by atomic mass is 35.5. The third-order valence-electron chi connectivity index (χ3n) is 3.16. The number of hydrogen-bond acceptors (Lipinski definition) is 5. The van der Waals surface area contributed by atoms with Crippen LogP contribution >= 0.6 is 11.6 Å². The lowest BCUT2D eigenvalue weighted by Gasteiger charge is -2.26. The summed E-state index contributed by atoms with van der Waals surface area (Å²) in [5, 5.41) is 14.3. The van der Waals surface area contributed by atoms with Gasteiger partial charge in [-0.15, -0.1) is 0 Å². The van der Waals surface area contributed by atoms with Gasteiger partial charge in [0.05, 0.1) is 0 Å². The quantitative estimate of drug-likeness (QED) is 0.889. The van der Waals surface area contributed by atoms with E-state index in [-0.39, 0.29) is 6.54 Å². The molecule has 0 radical (unpaired) electrons. The van der Waals surface area contributed by atoms with Crippen LogP contribution in [0, 0.1) is 0 Å². The van der Waals surface area contributed by atoms with E-state index >= 15 is 0 Å². The summed E-state index contributed by atoms with van der Waals surface area (Å²) in [5.74, 6) is 1.34. The minimum absolute atomic E-state index is 0.274. The summed E-state index contributed by atoms with van der Waals surface area (Å²) in [6, 6.07) is 7.26. The fourth-order valence-electron chi connectivity index (χ4n) is 2.03. The van der Waals surface area contributed by atoms with Crippen molar-refractivity contribution in [3.8, 4) is 0 Å². The summed E-state index contributed by atoms with van der Waals surface area (Å²) in [4.78, 5) is 10.4. The molecule has 21 heavy (non-hydrogen) atoms. The number of nitrogens with one attached hydrogen (secondary N) is 1. The van der Waals surface area contributed by atoms with Gasteiger partial charge in [-0.3, -0.25) is 0 Å². The third kappa shape index (κ3) is 3.62.